The van der Waals surface area contributed by atoms with Crippen LogP contribution in [-0.4, -0.2) is 41.9 Å². The van der Waals surface area contributed by atoms with Gasteiger partial charge in [-0.2, -0.15) is 0 Å². The second kappa shape index (κ2) is 11.9. The highest BCUT2D eigenvalue weighted by Crippen LogP contribution is 2.40. The number of pyridine rings is 1. The molecule has 0 bridgehead atoms. The summed E-state index contributed by atoms with van der Waals surface area (Å²) in [4.78, 5) is 32.2. The summed E-state index contributed by atoms with van der Waals surface area (Å²) in [6, 6.07) is 11.1. The molecule has 5 rings (SSSR count). The third kappa shape index (κ3) is 5.40. The number of nitrogens with zero attached hydrogens (tertiary/aromatic N) is 2. The molecule has 2 aromatic carbocycles. The van der Waals surface area contributed by atoms with Gasteiger partial charge in [0.25, 0.3) is 11.8 Å². The van der Waals surface area contributed by atoms with Gasteiger partial charge in [0, 0.05) is 31.4 Å². The second-order valence-electron chi connectivity index (χ2n) is 9.74. The highest BCUT2D eigenvalue weighted by atomic mass is 35.5. The molecule has 1 aliphatic carbocycles. The average Bonchev–Trinajstić information content (AvgIpc) is 3.35. The Kier molecular flexibility index (Phi) is 8.32. The standard InChI is InChI=1S/C30H28ClF2N3O3S/c1-34-29(37)23-15-18(12-13-35-23)17-8-11-24(39-2)19(14-17)16-36(20-6-4-3-5-7-20)30(38)28-26(31)25-21(32)9-10-22(33)27(25)40-28/h8-15,20H,3-7,16H2,1-2H3,(H,34,37). The van der Waals surface area contributed by atoms with Crippen molar-refractivity contribution in [3.8, 4) is 16.9 Å². The normalized spacial score (nSPS) is 13.8. The lowest BCUT2D eigenvalue weighted by molar-refractivity contribution is 0.0617. The Morgan fingerprint density at radius 2 is 1.80 bits per heavy atom. The number of nitrogens with one attached hydrogen (secondary N) is 1. The number of fused-ring (bicyclic) bond motifs is 1. The predicted octanol–water partition coefficient (Wildman–Crippen LogP) is 7.24. The fraction of sp³-hybridized carbons (Fsp3) is 0.300. The molecule has 1 fully saturated rings. The summed E-state index contributed by atoms with van der Waals surface area (Å²) in [5, 5.41) is 2.44. The Labute approximate surface area is 239 Å². The number of rotatable bonds is 7. The molecule has 0 atom stereocenters. The zero-order valence-electron chi connectivity index (χ0n) is 22.1. The van der Waals surface area contributed by atoms with Crippen LogP contribution >= 0.6 is 22.9 Å². The molecule has 4 aromatic rings. The van der Waals surface area contributed by atoms with Crippen LogP contribution in [0.5, 0.6) is 5.75 Å². The van der Waals surface area contributed by atoms with E-state index in [0.29, 0.717) is 5.75 Å². The van der Waals surface area contributed by atoms with E-state index in [-0.39, 0.29) is 50.1 Å². The van der Waals surface area contributed by atoms with Gasteiger partial charge < -0.3 is 15.0 Å². The van der Waals surface area contributed by atoms with Gasteiger partial charge in [0.05, 0.1) is 22.2 Å². The van der Waals surface area contributed by atoms with Gasteiger partial charge in [-0.3, -0.25) is 14.6 Å². The third-order valence-electron chi connectivity index (χ3n) is 7.33. The molecule has 40 heavy (non-hydrogen) atoms. The molecule has 10 heteroatoms. The summed E-state index contributed by atoms with van der Waals surface area (Å²) < 4.78 is 34.8. The molecule has 0 unspecified atom stereocenters. The summed E-state index contributed by atoms with van der Waals surface area (Å²) in [5.41, 5.74) is 2.65. The molecule has 0 aliphatic heterocycles. The van der Waals surface area contributed by atoms with Crippen LogP contribution in [0.15, 0.2) is 48.7 Å². The Hall–Kier alpha value is -3.56. The quantitative estimate of drug-likeness (QED) is 0.249. The first kappa shape index (κ1) is 28.0. The molecule has 1 aliphatic rings. The van der Waals surface area contributed by atoms with E-state index in [1.54, 1.807) is 31.3 Å². The molecule has 208 valence electrons. The first-order valence-electron chi connectivity index (χ1n) is 13.0. The van der Waals surface area contributed by atoms with E-state index in [4.69, 9.17) is 16.3 Å². The van der Waals surface area contributed by atoms with Gasteiger partial charge >= 0.3 is 0 Å². The lowest BCUT2D eigenvalue weighted by Crippen LogP contribution is -2.40. The van der Waals surface area contributed by atoms with Gasteiger partial charge in [-0.05, 0) is 60.4 Å². The minimum atomic E-state index is -0.663. The fourth-order valence-corrected chi connectivity index (χ4v) is 6.76. The van der Waals surface area contributed by atoms with Crippen molar-refractivity contribution in [1.29, 1.82) is 0 Å². The van der Waals surface area contributed by atoms with Crippen LogP contribution in [0.2, 0.25) is 5.02 Å². The molecule has 2 heterocycles. The van der Waals surface area contributed by atoms with Crippen molar-refractivity contribution in [1.82, 2.24) is 15.2 Å². The monoisotopic (exact) mass is 583 g/mol. The topological polar surface area (TPSA) is 71.5 Å². The number of amides is 2. The Bertz CT molecular complexity index is 1590. The molecule has 2 amide bonds. The van der Waals surface area contributed by atoms with Crippen LogP contribution in [0.1, 0.15) is 57.8 Å². The lowest BCUT2D eigenvalue weighted by Gasteiger charge is -2.34. The van der Waals surface area contributed by atoms with E-state index in [2.05, 4.69) is 10.3 Å². The number of thiophene rings is 1. The second-order valence-corrected chi connectivity index (χ2v) is 11.1. The zero-order valence-corrected chi connectivity index (χ0v) is 23.7. The number of hydrogen-bond acceptors (Lipinski definition) is 5. The van der Waals surface area contributed by atoms with Crippen molar-refractivity contribution in [2.75, 3.05) is 14.2 Å². The van der Waals surface area contributed by atoms with Crippen LogP contribution < -0.4 is 10.1 Å². The first-order chi connectivity index (χ1) is 19.3. The van der Waals surface area contributed by atoms with E-state index in [9.17, 15) is 18.4 Å². The summed E-state index contributed by atoms with van der Waals surface area (Å²) in [5.74, 6) is -1.34. The van der Waals surface area contributed by atoms with Crippen molar-refractivity contribution in [3.05, 3.63) is 81.5 Å². The van der Waals surface area contributed by atoms with Crippen LogP contribution in [-0.2, 0) is 6.54 Å². The molecule has 6 nitrogen and oxygen atoms in total. The Morgan fingerprint density at radius 3 is 2.50 bits per heavy atom. The number of hydrogen-bond donors (Lipinski definition) is 1. The minimum absolute atomic E-state index is 0.0288. The number of methoxy groups -OCH3 is 1. The third-order valence-corrected chi connectivity index (χ3v) is 9.00. The van der Waals surface area contributed by atoms with Crippen molar-refractivity contribution in [2.45, 2.75) is 44.7 Å². The highest BCUT2D eigenvalue weighted by Gasteiger charge is 2.31. The molecular weight excluding hydrogens is 556 g/mol. The smallest absolute Gasteiger partial charge is 0.269 e. The van der Waals surface area contributed by atoms with Gasteiger partial charge in [-0.15, -0.1) is 11.3 Å². The van der Waals surface area contributed by atoms with Crippen LogP contribution in [0.3, 0.4) is 0 Å². The molecule has 0 radical (unpaired) electrons. The van der Waals surface area contributed by atoms with Crippen LogP contribution in [0, 0.1) is 11.6 Å². The van der Waals surface area contributed by atoms with Crippen molar-refractivity contribution in [3.63, 3.8) is 0 Å². The van der Waals surface area contributed by atoms with E-state index in [0.717, 1.165) is 72.3 Å². The number of carbonyl (C=O) groups is 2. The van der Waals surface area contributed by atoms with Gasteiger partial charge in [-0.25, -0.2) is 8.78 Å². The number of halogens is 3. The number of ether oxygens (including phenoxy) is 1. The van der Waals surface area contributed by atoms with Crippen molar-refractivity contribution in [2.24, 2.45) is 0 Å². The Morgan fingerprint density at radius 1 is 1.07 bits per heavy atom. The van der Waals surface area contributed by atoms with Crippen molar-refractivity contribution < 1.29 is 23.1 Å². The SMILES string of the molecule is CNC(=O)c1cc(-c2ccc(OC)c(CN(C(=O)c3sc4c(F)ccc(F)c4c3Cl)C3CCCCC3)c2)ccn1. The summed E-state index contributed by atoms with van der Waals surface area (Å²) >= 11 is 7.40. The summed E-state index contributed by atoms with van der Waals surface area (Å²) in [7, 11) is 3.11. The number of aromatic nitrogens is 1. The largest absolute Gasteiger partial charge is 0.496 e. The van der Waals surface area contributed by atoms with E-state index in [1.807, 2.05) is 24.3 Å². The van der Waals surface area contributed by atoms with Crippen LogP contribution in [0.4, 0.5) is 8.78 Å². The van der Waals surface area contributed by atoms with Crippen molar-refractivity contribution >= 4 is 44.8 Å². The maximum absolute atomic E-state index is 14.6. The zero-order chi connectivity index (χ0) is 28.4. The molecule has 0 spiro atoms. The molecular formula is C30H28ClF2N3O3S. The maximum atomic E-state index is 14.6. The number of benzene rings is 2. The van der Waals surface area contributed by atoms with Gasteiger partial charge in [-0.1, -0.05) is 36.9 Å². The predicted molar refractivity (Wildman–Crippen MR) is 153 cm³/mol. The molecule has 1 N–H and O–H groups in total. The summed E-state index contributed by atoms with van der Waals surface area (Å²) in [6.45, 7) is 0.212. The first-order valence-corrected chi connectivity index (χ1v) is 14.2. The molecule has 0 saturated heterocycles. The lowest BCUT2D eigenvalue weighted by atomic mass is 9.93. The van der Waals surface area contributed by atoms with E-state index < -0.39 is 11.6 Å². The van der Waals surface area contributed by atoms with Gasteiger partial charge in [0.15, 0.2) is 0 Å². The highest BCUT2D eigenvalue weighted by molar-refractivity contribution is 7.21. The van der Waals surface area contributed by atoms with E-state index in [1.165, 1.54) is 0 Å². The van der Waals surface area contributed by atoms with Gasteiger partial charge in [0.2, 0.25) is 0 Å². The maximum Gasteiger partial charge on any atom is 0.269 e. The van der Waals surface area contributed by atoms with E-state index >= 15 is 0 Å². The average molecular weight is 584 g/mol. The minimum Gasteiger partial charge on any atom is -0.496 e. The Balaban J connectivity index is 1.56. The molecule has 1 saturated carbocycles. The summed E-state index contributed by atoms with van der Waals surface area (Å²) in [6.07, 6.45) is 6.26. The number of carbonyl (C=O) groups excluding carboxylic acids is 2. The van der Waals surface area contributed by atoms with Gasteiger partial charge in [0.1, 0.15) is 28.0 Å². The molecule has 2 aromatic heterocycles. The van der Waals surface area contributed by atoms with Crippen LogP contribution in [0.25, 0.3) is 21.2 Å². The fourth-order valence-electron chi connectivity index (χ4n) is 5.25.